The zero-order valence-electron chi connectivity index (χ0n) is 10.9. The van der Waals surface area contributed by atoms with E-state index in [-0.39, 0.29) is 5.91 Å². The van der Waals surface area contributed by atoms with Gasteiger partial charge in [-0.05, 0) is 12.1 Å². The maximum Gasteiger partial charge on any atom is 0.253 e. The Balaban J connectivity index is 1.80. The van der Waals surface area contributed by atoms with Crippen LogP contribution in [0.1, 0.15) is 10.4 Å². The zero-order valence-corrected chi connectivity index (χ0v) is 10.9. The normalized spacial score (nSPS) is 16.5. The van der Waals surface area contributed by atoms with E-state index in [2.05, 4.69) is 10.2 Å². The zero-order chi connectivity index (χ0) is 12.8. The maximum absolute atomic E-state index is 12.1. The van der Waals surface area contributed by atoms with Gasteiger partial charge < -0.3 is 10.2 Å². The summed E-state index contributed by atoms with van der Waals surface area (Å²) in [6, 6.07) is 9.46. The van der Waals surface area contributed by atoms with E-state index < -0.39 is 0 Å². The second-order valence-electron chi connectivity index (χ2n) is 4.68. The van der Waals surface area contributed by atoms with Crippen molar-refractivity contribution in [3.8, 4) is 0 Å². The van der Waals surface area contributed by atoms with Crippen LogP contribution < -0.4 is 5.32 Å². The quantitative estimate of drug-likeness (QED) is 0.849. The molecule has 4 nitrogen and oxygen atoms in total. The lowest BCUT2D eigenvalue weighted by molar-refractivity contribution is 0.0775. The topological polar surface area (TPSA) is 35.6 Å². The highest BCUT2D eigenvalue weighted by molar-refractivity contribution is 5.93. The molecular formula is C14H21N3O. The Hall–Kier alpha value is -1.39. The molecule has 98 valence electrons. The first kappa shape index (κ1) is 13.1. The molecule has 1 saturated heterocycles. The molecule has 18 heavy (non-hydrogen) atoms. The number of piperazine rings is 1. The molecule has 2 rings (SSSR count). The molecule has 1 N–H and O–H groups in total. The number of likely N-dealkylation sites (N-methyl/N-ethyl adjacent to an activating group) is 1. The van der Waals surface area contributed by atoms with Gasteiger partial charge in [0.1, 0.15) is 0 Å². The first-order chi connectivity index (χ1) is 8.77. The second kappa shape index (κ2) is 6.52. The van der Waals surface area contributed by atoms with Gasteiger partial charge in [-0.3, -0.25) is 9.69 Å². The van der Waals surface area contributed by atoms with Gasteiger partial charge in [0, 0.05) is 51.9 Å². The Kier molecular flexibility index (Phi) is 4.73. The van der Waals surface area contributed by atoms with Crippen LogP contribution in [0.15, 0.2) is 30.3 Å². The SMILES string of the molecule is CN(CCN1CCNCC1)C(=O)c1ccccc1. The molecule has 0 atom stereocenters. The van der Waals surface area contributed by atoms with Crippen LogP contribution in [0.3, 0.4) is 0 Å². The molecule has 4 heteroatoms. The maximum atomic E-state index is 12.1. The molecule has 0 bridgehead atoms. The molecule has 0 spiro atoms. The van der Waals surface area contributed by atoms with E-state index in [4.69, 9.17) is 0 Å². The number of carbonyl (C=O) groups is 1. The summed E-state index contributed by atoms with van der Waals surface area (Å²) in [5, 5.41) is 3.33. The van der Waals surface area contributed by atoms with Crippen molar-refractivity contribution >= 4 is 5.91 Å². The number of amides is 1. The summed E-state index contributed by atoms with van der Waals surface area (Å²) >= 11 is 0. The van der Waals surface area contributed by atoms with Crippen molar-refractivity contribution < 1.29 is 4.79 Å². The third kappa shape index (κ3) is 3.55. The molecule has 1 fully saturated rings. The highest BCUT2D eigenvalue weighted by Gasteiger charge is 2.14. The van der Waals surface area contributed by atoms with Gasteiger partial charge in [0.15, 0.2) is 0 Å². The molecule has 1 aliphatic rings. The number of carbonyl (C=O) groups excluding carboxylic acids is 1. The first-order valence-corrected chi connectivity index (χ1v) is 6.51. The van der Waals surface area contributed by atoms with Crippen molar-refractivity contribution in [3.63, 3.8) is 0 Å². The second-order valence-corrected chi connectivity index (χ2v) is 4.68. The number of nitrogens with one attached hydrogen (secondary N) is 1. The van der Waals surface area contributed by atoms with Crippen molar-refractivity contribution in [2.45, 2.75) is 0 Å². The molecule has 0 aliphatic carbocycles. The Morgan fingerprint density at radius 3 is 2.61 bits per heavy atom. The number of nitrogens with zero attached hydrogens (tertiary/aromatic N) is 2. The number of rotatable bonds is 4. The minimum Gasteiger partial charge on any atom is -0.340 e. The van der Waals surface area contributed by atoms with E-state index in [0.717, 1.165) is 44.8 Å². The third-order valence-electron chi connectivity index (χ3n) is 3.33. The number of hydrogen-bond acceptors (Lipinski definition) is 3. The summed E-state index contributed by atoms with van der Waals surface area (Å²) in [5.41, 5.74) is 0.764. The van der Waals surface area contributed by atoms with Gasteiger partial charge in [0.2, 0.25) is 0 Å². The van der Waals surface area contributed by atoms with Gasteiger partial charge in [0.05, 0.1) is 0 Å². The van der Waals surface area contributed by atoms with Crippen molar-refractivity contribution in [2.24, 2.45) is 0 Å². The van der Waals surface area contributed by atoms with Gasteiger partial charge in [-0.15, -0.1) is 0 Å². The molecule has 1 aromatic rings. The highest BCUT2D eigenvalue weighted by Crippen LogP contribution is 2.03. The summed E-state index contributed by atoms with van der Waals surface area (Å²) in [7, 11) is 1.87. The molecule has 0 saturated carbocycles. The van der Waals surface area contributed by atoms with Crippen LogP contribution >= 0.6 is 0 Å². The Bertz CT molecular complexity index is 374. The smallest absolute Gasteiger partial charge is 0.253 e. The monoisotopic (exact) mass is 247 g/mol. The lowest BCUT2D eigenvalue weighted by atomic mass is 10.2. The van der Waals surface area contributed by atoms with Crippen molar-refractivity contribution in [2.75, 3.05) is 46.3 Å². The molecule has 0 radical (unpaired) electrons. The summed E-state index contributed by atoms with van der Waals surface area (Å²) in [6.07, 6.45) is 0. The summed E-state index contributed by atoms with van der Waals surface area (Å²) < 4.78 is 0. The predicted octanol–water partition coefficient (Wildman–Crippen LogP) is 0.664. The van der Waals surface area contributed by atoms with Crippen molar-refractivity contribution in [3.05, 3.63) is 35.9 Å². The number of hydrogen-bond donors (Lipinski definition) is 1. The minimum absolute atomic E-state index is 0.103. The van der Waals surface area contributed by atoms with Crippen LogP contribution in [0.2, 0.25) is 0 Å². The van der Waals surface area contributed by atoms with Gasteiger partial charge in [-0.25, -0.2) is 0 Å². The molecule has 1 aromatic carbocycles. The van der Waals surface area contributed by atoms with E-state index in [1.807, 2.05) is 37.4 Å². The standard InChI is InChI=1S/C14H21N3O/c1-16(11-12-17-9-7-15-8-10-17)14(18)13-5-3-2-4-6-13/h2-6,15H,7-12H2,1H3. The van der Waals surface area contributed by atoms with Crippen molar-refractivity contribution in [1.82, 2.24) is 15.1 Å². The van der Waals surface area contributed by atoms with Gasteiger partial charge in [-0.1, -0.05) is 18.2 Å². The van der Waals surface area contributed by atoms with E-state index in [9.17, 15) is 4.79 Å². The Labute approximate surface area is 109 Å². The van der Waals surface area contributed by atoms with Crippen LogP contribution in [0, 0.1) is 0 Å². The van der Waals surface area contributed by atoms with E-state index >= 15 is 0 Å². The van der Waals surface area contributed by atoms with Gasteiger partial charge in [0.25, 0.3) is 5.91 Å². The first-order valence-electron chi connectivity index (χ1n) is 6.51. The van der Waals surface area contributed by atoms with E-state index in [1.165, 1.54) is 0 Å². The fourth-order valence-electron chi connectivity index (χ4n) is 2.13. The molecule has 0 aromatic heterocycles. The van der Waals surface area contributed by atoms with Crippen LogP contribution in [-0.4, -0.2) is 62.0 Å². The fourth-order valence-corrected chi connectivity index (χ4v) is 2.13. The van der Waals surface area contributed by atoms with Crippen molar-refractivity contribution in [1.29, 1.82) is 0 Å². The van der Waals surface area contributed by atoms with E-state index in [1.54, 1.807) is 4.90 Å². The average molecular weight is 247 g/mol. The predicted molar refractivity (Wildman–Crippen MR) is 72.7 cm³/mol. The van der Waals surface area contributed by atoms with Gasteiger partial charge in [-0.2, -0.15) is 0 Å². The fraction of sp³-hybridized carbons (Fsp3) is 0.500. The lowest BCUT2D eigenvalue weighted by Gasteiger charge is -2.29. The molecule has 0 unspecified atom stereocenters. The summed E-state index contributed by atoms with van der Waals surface area (Å²) in [4.78, 5) is 16.3. The lowest BCUT2D eigenvalue weighted by Crippen LogP contribution is -2.46. The van der Waals surface area contributed by atoms with E-state index in [0.29, 0.717) is 0 Å². The Morgan fingerprint density at radius 1 is 1.28 bits per heavy atom. The largest absolute Gasteiger partial charge is 0.340 e. The summed E-state index contributed by atoms with van der Waals surface area (Å²) in [6.45, 7) is 6.00. The highest BCUT2D eigenvalue weighted by atomic mass is 16.2. The molecular weight excluding hydrogens is 226 g/mol. The van der Waals surface area contributed by atoms with Crippen LogP contribution in [-0.2, 0) is 0 Å². The molecule has 1 amide bonds. The Morgan fingerprint density at radius 2 is 1.94 bits per heavy atom. The number of benzene rings is 1. The molecule has 1 heterocycles. The van der Waals surface area contributed by atoms with Crippen LogP contribution in [0.4, 0.5) is 0 Å². The minimum atomic E-state index is 0.103. The molecule has 1 aliphatic heterocycles. The van der Waals surface area contributed by atoms with Crippen LogP contribution in [0.5, 0.6) is 0 Å². The third-order valence-corrected chi connectivity index (χ3v) is 3.33. The van der Waals surface area contributed by atoms with Gasteiger partial charge >= 0.3 is 0 Å². The summed E-state index contributed by atoms with van der Waals surface area (Å²) in [5.74, 6) is 0.103. The van der Waals surface area contributed by atoms with Crippen LogP contribution in [0.25, 0.3) is 0 Å². The average Bonchev–Trinajstić information content (AvgIpc) is 2.46.